The van der Waals surface area contributed by atoms with Crippen molar-refractivity contribution in [3.63, 3.8) is 0 Å². The van der Waals surface area contributed by atoms with Crippen LogP contribution in [0, 0.1) is 5.82 Å². The molecule has 0 spiro atoms. The summed E-state index contributed by atoms with van der Waals surface area (Å²) >= 11 is 0. The largest absolute Gasteiger partial charge is 0.401 e. The minimum atomic E-state index is -4.28. The SMILES string of the molecule is CCCN(Cc1ccc(N)cc1F)CC(F)(F)F. The van der Waals surface area contributed by atoms with Crippen molar-refractivity contribution in [2.45, 2.75) is 26.1 Å². The van der Waals surface area contributed by atoms with E-state index in [2.05, 4.69) is 0 Å². The van der Waals surface area contributed by atoms with Crippen molar-refractivity contribution in [3.8, 4) is 0 Å². The monoisotopic (exact) mass is 264 g/mol. The Morgan fingerprint density at radius 1 is 1.28 bits per heavy atom. The van der Waals surface area contributed by atoms with Gasteiger partial charge in [0.05, 0.1) is 6.54 Å². The fraction of sp³-hybridized carbons (Fsp3) is 0.500. The Hall–Kier alpha value is -1.30. The van der Waals surface area contributed by atoms with Crippen LogP contribution in [0.3, 0.4) is 0 Å². The Morgan fingerprint density at radius 2 is 1.94 bits per heavy atom. The number of rotatable bonds is 5. The van der Waals surface area contributed by atoms with Gasteiger partial charge in [-0.2, -0.15) is 13.2 Å². The van der Waals surface area contributed by atoms with Crippen LogP contribution in [0.1, 0.15) is 18.9 Å². The van der Waals surface area contributed by atoms with Gasteiger partial charge in [0.1, 0.15) is 5.82 Å². The minimum absolute atomic E-state index is 0.0700. The third-order valence-corrected chi connectivity index (χ3v) is 2.41. The number of hydrogen-bond acceptors (Lipinski definition) is 2. The number of nitrogens with two attached hydrogens (primary N) is 1. The summed E-state index contributed by atoms with van der Waals surface area (Å²) in [4.78, 5) is 1.18. The number of nitrogen functional groups attached to an aromatic ring is 1. The Bertz CT molecular complexity index is 390. The van der Waals surface area contributed by atoms with E-state index < -0.39 is 18.5 Å². The number of alkyl halides is 3. The Morgan fingerprint density at radius 3 is 2.44 bits per heavy atom. The summed E-state index contributed by atoms with van der Waals surface area (Å²) < 4.78 is 50.5. The molecule has 0 saturated heterocycles. The average Bonchev–Trinajstić information content (AvgIpc) is 2.20. The molecule has 0 aromatic heterocycles. The molecule has 0 bridgehead atoms. The van der Waals surface area contributed by atoms with Gasteiger partial charge in [-0.1, -0.05) is 13.0 Å². The number of halogens is 4. The van der Waals surface area contributed by atoms with E-state index in [9.17, 15) is 17.6 Å². The molecule has 2 N–H and O–H groups in total. The molecule has 0 aliphatic heterocycles. The molecular weight excluding hydrogens is 248 g/mol. The van der Waals surface area contributed by atoms with Crippen molar-refractivity contribution in [1.82, 2.24) is 4.90 Å². The van der Waals surface area contributed by atoms with Crippen molar-refractivity contribution in [3.05, 3.63) is 29.6 Å². The quantitative estimate of drug-likeness (QED) is 0.653. The summed E-state index contributed by atoms with van der Waals surface area (Å²) in [6.07, 6.45) is -3.70. The minimum Gasteiger partial charge on any atom is -0.399 e. The lowest BCUT2D eigenvalue weighted by Gasteiger charge is -2.23. The van der Waals surface area contributed by atoms with Crippen LogP contribution in [0.15, 0.2) is 18.2 Å². The van der Waals surface area contributed by atoms with Crippen molar-refractivity contribution < 1.29 is 17.6 Å². The van der Waals surface area contributed by atoms with Crippen LogP contribution in [0.25, 0.3) is 0 Å². The Kier molecular flexibility index (Phi) is 4.95. The summed E-state index contributed by atoms with van der Waals surface area (Å²) in [6.45, 7) is 0.941. The van der Waals surface area contributed by atoms with Crippen molar-refractivity contribution in [2.24, 2.45) is 0 Å². The molecule has 1 aromatic rings. The summed E-state index contributed by atoms with van der Waals surface area (Å²) in [6, 6.07) is 4.02. The average molecular weight is 264 g/mol. The van der Waals surface area contributed by atoms with E-state index in [0.29, 0.717) is 6.42 Å². The molecule has 0 unspecified atom stereocenters. The van der Waals surface area contributed by atoms with Gasteiger partial charge in [0, 0.05) is 17.8 Å². The first kappa shape index (κ1) is 14.8. The number of anilines is 1. The highest BCUT2D eigenvalue weighted by atomic mass is 19.4. The lowest BCUT2D eigenvalue weighted by atomic mass is 10.1. The first-order valence-corrected chi connectivity index (χ1v) is 5.65. The Balaban J connectivity index is 2.76. The van der Waals surface area contributed by atoms with E-state index in [1.807, 2.05) is 0 Å². The molecule has 2 nitrogen and oxygen atoms in total. The standard InChI is InChI=1S/C12H16F4N2/c1-2-5-18(8-12(14,15)16)7-9-3-4-10(17)6-11(9)13/h3-4,6H,2,5,7-8,17H2,1H3. The highest BCUT2D eigenvalue weighted by Gasteiger charge is 2.30. The predicted octanol–water partition coefficient (Wildman–Crippen LogP) is 3.18. The van der Waals surface area contributed by atoms with Crippen LogP contribution in [0.4, 0.5) is 23.2 Å². The molecule has 0 fully saturated rings. The summed E-state index contributed by atoms with van der Waals surface area (Å²) in [7, 11) is 0. The van der Waals surface area contributed by atoms with E-state index in [0.717, 1.165) is 6.07 Å². The zero-order valence-electron chi connectivity index (χ0n) is 10.1. The van der Waals surface area contributed by atoms with Gasteiger partial charge in [0.2, 0.25) is 0 Å². The van der Waals surface area contributed by atoms with Gasteiger partial charge in [0.15, 0.2) is 0 Å². The second-order valence-corrected chi connectivity index (χ2v) is 4.18. The fourth-order valence-corrected chi connectivity index (χ4v) is 1.72. The summed E-state index contributed by atoms with van der Waals surface area (Å²) in [5, 5.41) is 0. The highest BCUT2D eigenvalue weighted by Crippen LogP contribution is 2.20. The lowest BCUT2D eigenvalue weighted by Crippen LogP contribution is -2.34. The topological polar surface area (TPSA) is 29.3 Å². The molecule has 0 heterocycles. The molecule has 102 valence electrons. The molecule has 0 aliphatic carbocycles. The molecule has 0 atom stereocenters. The Labute approximate surface area is 103 Å². The van der Waals surface area contributed by atoms with Crippen LogP contribution in [-0.2, 0) is 6.54 Å². The molecular formula is C12H16F4N2. The van der Waals surface area contributed by atoms with Gasteiger partial charge in [-0.3, -0.25) is 4.90 Å². The van der Waals surface area contributed by atoms with Crippen molar-refractivity contribution >= 4 is 5.69 Å². The van der Waals surface area contributed by atoms with Crippen LogP contribution in [0.2, 0.25) is 0 Å². The molecule has 0 aliphatic rings. The van der Waals surface area contributed by atoms with Gasteiger partial charge in [-0.05, 0) is 25.1 Å². The summed E-state index contributed by atoms with van der Waals surface area (Å²) in [5.41, 5.74) is 5.87. The summed E-state index contributed by atoms with van der Waals surface area (Å²) in [5.74, 6) is -0.571. The second kappa shape index (κ2) is 6.04. The van der Waals surface area contributed by atoms with Crippen LogP contribution in [0.5, 0.6) is 0 Å². The van der Waals surface area contributed by atoms with Gasteiger partial charge >= 0.3 is 6.18 Å². The van der Waals surface area contributed by atoms with Crippen LogP contribution < -0.4 is 5.73 Å². The van der Waals surface area contributed by atoms with Gasteiger partial charge in [0.25, 0.3) is 0 Å². The molecule has 0 radical (unpaired) electrons. The highest BCUT2D eigenvalue weighted by molar-refractivity contribution is 5.40. The number of nitrogens with zero attached hydrogens (tertiary/aromatic N) is 1. The third-order valence-electron chi connectivity index (χ3n) is 2.41. The molecule has 0 saturated carbocycles. The van der Waals surface area contributed by atoms with Crippen LogP contribution >= 0.6 is 0 Å². The van der Waals surface area contributed by atoms with E-state index in [-0.39, 0.29) is 24.3 Å². The molecule has 1 rings (SSSR count). The smallest absolute Gasteiger partial charge is 0.399 e. The maximum atomic E-state index is 13.5. The fourth-order valence-electron chi connectivity index (χ4n) is 1.72. The van der Waals surface area contributed by atoms with Gasteiger partial charge in [-0.25, -0.2) is 4.39 Å². The van der Waals surface area contributed by atoms with E-state index in [4.69, 9.17) is 5.73 Å². The molecule has 6 heteroatoms. The van der Waals surface area contributed by atoms with E-state index >= 15 is 0 Å². The van der Waals surface area contributed by atoms with Crippen molar-refractivity contribution in [1.29, 1.82) is 0 Å². The van der Waals surface area contributed by atoms with E-state index in [1.165, 1.54) is 17.0 Å². The van der Waals surface area contributed by atoms with Crippen LogP contribution in [-0.4, -0.2) is 24.2 Å². The number of benzene rings is 1. The van der Waals surface area contributed by atoms with Crippen molar-refractivity contribution in [2.75, 3.05) is 18.8 Å². The first-order valence-electron chi connectivity index (χ1n) is 5.65. The second-order valence-electron chi connectivity index (χ2n) is 4.18. The van der Waals surface area contributed by atoms with Gasteiger partial charge in [-0.15, -0.1) is 0 Å². The molecule has 18 heavy (non-hydrogen) atoms. The lowest BCUT2D eigenvalue weighted by molar-refractivity contribution is -0.147. The maximum absolute atomic E-state index is 13.5. The zero-order valence-corrected chi connectivity index (χ0v) is 10.1. The molecule has 1 aromatic carbocycles. The maximum Gasteiger partial charge on any atom is 0.401 e. The third kappa shape index (κ3) is 4.91. The normalized spacial score (nSPS) is 12.1. The zero-order chi connectivity index (χ0) is 13.8. The van der Waals surface area contributed by atoms with Gasteiger partial charge < -0.3 is 5.73 Å². The number of hydrogen-bond donors (Lipinski definition) is 1. The molecule has 0 amide bonds. The predicted molar refractivity (Wildman–Crippen MR) is 62.4 cm³/mol. The van der Waals surface area contributed by atoms with E-state index in [1.54, 1.807) is 6.92 Å². The first-order chi connectivity index (χ1) is 8.31.